The Labute approximate surface area is 138 Å². The van der Waals surface area contributed by atoms with Gasteiger partial charge in [-0.2, -0.15) is 0 Å². The summed E-state index contributed by atoms with van der Waals surface area (Å²) in [4.78, 5) is 17.3. The second kappa shape index (κ2) is 7.47. The van der Waals surface area contributed by atoms with E-state index in [1.54, 1.807) is 36.6 Å². The number of aryl methyl sites for hydroxylation is 2. The van der Waals surface area contributed by atoms with Gasteiger partial charge in [0.25, 0.3) is 0 Å². The lowest BCUT2D eigenvalue weighted by Gasteiger charge is -2.11. The number of methoxy groups -OCH3 is 1. The Balaban J connectivity index is 1.88. The fourth-order valence-corrected chi connectivity index (χ4v) is 3.09. The van der Waals surface area contributed by atoms with E-state index in [2.05, 4.69) is 15.6 Å². The summed E-state index contributed by atoms with van der Waals surface area (Å²) in [6.07, 6.45) is 0. The first kappa shape index (κ1) is 16.6. The first-order valence-corrected chi connectivity index (χ1v) is 7.96. The molecule has 0 radical (unpaired) electrons. The van der Waals surface area contributed by atoms with E-state index in [1.807, 2.05) is 13.8 Å². The molecular formula is C15H18ClN3O2S. The SMILES string of the molecule is COc1ccc(Cl)cc1CNC(=O)NCc1sc(C)nc1C. The van der Waals surface area contributed by atoms with Gasteiger partial charge in [-0.15, -0.1) is 11.3 Å². The number of amides is 2. The van der Waals surface area contributed by atoms with E-state index in [1.165, 1.54) is 0 Å². The van der Waals surface area contributed by atoms with Gasteiger partial charge in [0, 0.05) is 22.0 Å². The van der Waals surface area contributed by atoms with Crippen LogP contribution in [0.2, 0.25) is 5.02 Å². The van der Waals surface area contributed by atoms with Gasteiger partial charge < -0.3 is 15.4 Å². The van der Waals surface area contributed by atoms with Gasteiger partial charge in [-0.1, -0.05) is 11.6 Å². The Bertz CT molecular complexity index is 673. The van der Waals surface area contributed by atoms with Crippen LogP contribution in [0.3, 0.4) is 0 Å². The van der Waals surface area contributed by atoms with Crippen molar-refractivity contribution in [3.05, 3.63) is 44.4 Å². The van der Waals surface area contributed by atoms with Gasteiger partial charge in [0.2, 0.25) is 0 Å². The Morgan fingerprint density at radius 2 is 2.05 bits per heavy atom. The van der Waals surface area contributed by atoms with E-state index in [4.69, 9.17) is 16.3 Å². The van der Waals surface area contributed by atoms with Crippen molar-refractivity contribution >= 4 is 29.0 Å². The number of halogens is 1. The third-order valence-corrected chi connectivity index (χ3v) is 4.40. The molecular weight excluding hydrogens is 322 g/mol. The quantitative estimate of drug-likeness (QED) is 0.877. The summed E-state index contributed by atoms with van der Waals surface area (Å²) in [6, 6.07) is 5.06. The first-order chi connectivity index (χ1) is 10.5. The van der Waals surface area contributed by atoms with Crippen molar-refractivity contribution in [1.82, 2.24) is 15.6 Å². The summed E-state index contributed by atoms with van der Waals surface area (Å²) < 4.78 is 5.24. The summed E-state index contributed by atoms with van der Waals surface area (Å²) in [5.41, 5.74) is 1.79. The molecule has 0 aliphatic rings. The molecule has 0 atom stereocenters. The van der Waals surface area contributed by atoms with Crippen LogP contribution in [-0.4, -0.2) is 18.1 Å². The lowest BCUT2D eigenvalue weighted by atomic mass is 10.2. The number of thiazole rings is 1. The molecule has 1 aromatic carbocycles. The van der Waals surface area contributed by atoms with Gasteiger partial charge in [-0.3, -0.25) is 0 Å². The number of nitrogens with one attached hydrogen (secondary N) is 2. The number of aromatic nitrogens is 1. The van der Waals surface area contributed by atoms with Crippen molar-refractivity contribution < 1.29 is 9.53 Å². The first-order valence-electron chi connectivity index (χ1n) is 6.76. The predicted molar refractivity (Wildman–Crippen MR) is 88.7 cm³/mol. The molecule has 0 aliphatic carbocycles. The molecule has 1 aromatic heterocycles. The number of urea groups is 1. The maximum atomic E-state index is 11.9. The van der Waals surface area contributed by atoms with Gasteiger partial charge in [-0.25, -0.2) is 9.78 Å². The monoisotopic (exact) mass is 339 g/mol. The summed E-state index contributed by atoms with van der Waals surface area (Å²) in [5.74, 6) is 0.693. The lowest BCUT2D eigenvalue weighted by molar-refractivity contribution is 0.240. The number of carbonyl (C=O) groups excluding carboxylic acids is 1. The number of hydrogen-bond donors (Lipinski definition) is 2. The maximum absolute atomic E-state index is 11.9. The Kier molecular flexibility index (Phi) is 5.63. The van der Waals surface area contributed by atoms with Crippen LogP contribution in [0.5, 0.6) is 5.75 Å². The van der Waals surface area contributed by atoms with Crippen LogP contribution in [0.15, 0.2) is 18.2 Å². The van der Waals surface area contributed by atoms with Crippen molar-refractivity contribution in [2.75, 3.05) is 7.11 Å². The van der Waals surface area contributed by atoms with Gasteiger partial charge in [-0.05, 0) is 32.0 Å². The summed E-state index contributed by atoms with van der Waals surface area (Å²) >= 11 is 7.55. The Morgan fingerprint density at radius 3 is 2.68 bits per heavy atom. The molecule has 0 bridgehead atoms. The van der Waals surface area contributed by atoms with Gasteiger partial charge in [0.15, 0.2) is 0 Å². The van der Waals surface area contributed by atoms with Gasteiger partial charge >= 0.3 is 6.03 Å². The minimum atomic E-state index is -0.243. The summed E-state index contributed by atoms with van der Waals surface area (Å²) in [5, 5.41) is 7.22. The highest BCUT2D eigenvalue weighted by molar-refractivity contribution is 7.11. The second-order valence-corrected chi connectivity index (χ2v) is 6.46. The molecule has 5 nitrogen and oxygen atoms in total. The van der Waals surface area contributed by atoms with Crippen LogP contribution in [0.25, 0.3) is 0 Å². The van der Waals surface area contributed by atoms with Crippen LogP contribution in [-0.2, 0) is 13.1 Å². The van der Waals surface area contributed by atoms with E-state index in [0.717, 1.165) is 21.1 Å². The molecule has 118 valence electrons. The van der Waals surface area contributed by atoms with Crippen molar-refractivity contribution in [2.24, 2.45) is 0 Å². The van der Waals surface area contributed by atoms with E-state index >= 15 is 0 Å². The molecule has 0 saturated carbocycles. The molecule has 0 fully saturated rings. The minimum Gasteiger partial charge on any atom is -0.496 e. The van der Waals surface area contributed by atoms with Gasteiger partial charge in [0.1, 0.15) is 5.75 Å². The number of benzene rings is 1. The van der Waals surface area contributed by atoms with E-state index in [-0.39, 0.29) is 6.03 Å². The molecule has 2 N–H and O–H groups in total. The molecule has 2 amide bonds. The minimum absolute atomic E-state index is 0.243. The van der Waals surface area contributed by atoms with Crippen LogP contribution < -0.4 is 15.4 Å². The molecule has 0 unspecified atom stereocenters. The number of nitrogens with zero attached hydrogens (tertiary/aromatic N) is 1. The number of hydrogen-bond acceptors (Lipinski definition) is 4. The Hall–Kier alpha value is -1.79. The largest absolute Gasteiger partial charge is 0.496 e. The van der Waals surface area contributed by atoms with Crippen LogP contribution in [0.1, 0.15) is 21.1 Å². The van der Waals surface area contributed by atoms with E-state index in [0.29, 0.717) is 23.9 Å². The zero-order valence-electron chi connectivity index (χ0n) is 12.7. The molecule has 2 aromatic rings. The fraction of sp³-hybridized carbons (Fsp3) is 0.333. The Morgan fingerprint density at radius 1 is 1.32 bits per heavy atom. The van der Waals surface area contributed by atoms with E-state index in [9.17, 15) is 4.79 Å². The third-order valence-electron chi connectivity index (χ3n) is 3.09. The van der Waals surface area contributed by atoms with Crippen LogP contribution >= 0.6 is 22.9 Å². The number of carbonyl (C=O) groups is 1. The topological polar surface area (TPSA) is 63.2 Å². The normalized spacial score (nSPS) is 10.4. The molecule has 0 aliphatic heterocycles. The smallest absolute Gasteiger partial charge is 0.315 e. The number of ether oxygens (including phenoxy) is 1. The van der Waals surface area contributed by atoms with Gasteiger partial charge in [0.05, 0.1) is 24.4 Å². The summed E-state index contributed by atoms with van der Waals surface area (Å²) in [7, 11) is 1.59. The van der Waals surface area contributed by atoms with Crippen molar-refractivity contribution in [3.63, 3.8) is 0 Å². The van der Waals surface area contributed by atoms with Crippen LogP contribution in [0.4, 0.5) is 4.79 Å². The average molecular weight is 340 g/mol. The highest BCUT2D eigenvalue weighted by Gasteiger charge is 2.08. The molecule has 0 saturated heterocycles. The zero-order chi connectivity index (χ0) is 16.1. The van der Waals surface area contributed by atoms with Crippen molar-refractivity contribution in [1.29, 1.82) is 0 Å². The molecule has 22 heavy (non-hydrogen) atoms. The average Bonchev–Trinajstić information content (AvgIpc) is 2.81. The zero-order valence-corrected chi connectivity index (χ0v) is 14.3. The standard InChI is InChI=1S/C15H18ClN3O2S/c1-9-14(22-10(2)19-9)8-18-15(20)17-7-11-6-12(16)4-5-13(11)21-3/h4-6H,7-8H2,1-3H3,(H2,17,18,20). The molecule has 7 heteroatoms. The van der Waals surface area contributed by atoms with Crippen molar-refractivity contribution in [2.45, 2.75) is 26.9 Å². The van der Waals surface area contributed by atoms with Crippen molar-refractivity contribution in [3.8, 4) is 5.75 Å². The summed E-state index contributed by atoms with van der Waals surface area (Å²) in [6.45, 7) is 4.70. The molecule has 1 heterocycles. The third kappa shape index (κ3) is 4.35. The fourth-order valence-electron chi connectivity index (χ4n) is 2.02. The second-order valence-electron chi connectivity index (χ2n) is 4.73. The highest BCUT2D eigenvalue weighted by atomic mass is 35.5. The lowest BCUT2D eigenvalue weighted by Crippen LogP contribution is -2.34. The van der Waals surface area contributed by atoms with E-state index < -0.39 is 0 Å². The maximum Gasteiger partial charge on any atom is 0.315 e. The predicted octanol–water partition coefficient (Wildman–Crippen LogP) is 3.42. The van der Waals surface area contributed by atoms with Crippen LogP contribution in [0, 0.1) is 13.8 Å². The number of rotatable bonds is 5. The molecule has 0 spiro atoms. The highest BCUT2D eigenvalue weighted by Crippen LogP contribution is 2.22. The molecule has 2 rings (SSSR count).